The fraction of sp³-hybridized carbons (Fsp3) is 0.556. The van der Waals surface area contributed by atoms with Gasteiger partial charge in [-0.3, -0.25) is 9.48 Å². The van der Waals surface area contributed by atoms with E-state index in [1.54, 1.807) is 17.1 Å². The van der Waals surface area contributed by atoms with Crippen molar-refractivity contribution < 1.29 is 4.79 Å². The third kappa shape index (κ3) is 1.72. The lowest BCUT2D eigenvalue weighted by Crippen LogP contribution is -2.00. The molecule has 0 amide bonds. The normalized spacial score (nSPS) is 10.7. The van der Waals surface area contributed by atoms with Crippen LogP contribution in [0.1, 0.15) is 43.6 Å². The number of carbonyl (C=O) groups is 1. The number of ketones is 1. The van der Waals surface area contributed by atoms with Crippen LogP contribution in [-0.4, -0.2) is 15.6 Å². The van der Waals surface area contributed by atoms with Crippen LogP contribution in [0.25, 0.3) is 0 Å². The molecule has 0 aliphatic carbocycles. The van der Waals surface area contributed by atoms with Crippen molar-refractivity contribution in [3.05, 3.63) is 18.0 Å². The van der Waals surface area contributed by atoms with Gasteiger partial charge < -0.3 is 0 Å². The number of aromatic nitrogens is 2. The van der Waals surface area contributed by atoms with Crippen molar-refractivity contribution >= 4 is 5.78 Å². The summed E-state index contributed by atoms with van der Waals surface area (Å²) in [6, 6.07) is 0.323. The second kappa shape index (κ2) is 3.52. The highest BCUT2D eigenvalue weighted by molar-refractivity contribution is 5.95. The third-order valence-corrected chi connectivity index (χ3v) is 1.77. The average molecular weight is 166 g/mol. The molecule has 1 aromatic heterocycles. The molecule has 1 heterocycles. The molecule has 0 N–H and O–H groups in total. The van der Waals surface area contributed by atoms with Crippen LogP contribution >= 0.6 is 0 Å². The van der Waals surface area contributed by atoms with Gasteiger partial charge in [0.15, 0.2) is 5.78 Å². The summed E-state index contributed by atoms with van der Waals surface area (Å²) in [4.78, 5) is 11.2. The Hall–Kier alpha value is -1.12. The molecule has 66 valence electrons. The SMILES string of the molecule is CCC(=O)c1cnn(C(C)C)c1. The number of rotatable bonds is 3. The van der Waals surface area contributed by atoms with Crippen LogP contribution in [0.2, 0.25) is 0 Å². The Balaban J connectivity index is 2.84. The fourth-order valence-electron chi connectivity index (χ4n) is 0.969. The lowest BCUT2D eigenvalue weighted by Gasteiger charge is -2.02. The highest BCUT2D eigenvalue weighted by atomic mass is 16.1. The first-order valence-electron chi connectivity index (χ1n) is 4.22. The highest BCUT2D eigenvalue weighted by Gasteiger charge is 2.06. The minimum atomic E-state index is 0.155. The molecule has 3 heteroatoms. The molecule has 0 spiro atoms. The van der Waals surface area contributed by atoms with Crippen molar-refractivity contribution in [1.29, 1.82) is 0 Å². The molecule has 0 unspecified atom stereocenters. The smallest absolute Gasteiger partial charge is 0.165 e. The Morgan fingerprint density at radius 2 is 2.33 bits per heavy atom. The zero-order valence-corrected chi connectivity index (χ0v) is 7.74. The highest BCUT2D eigenvalue weighted by Crippen LogP contribution is 2.06. The Morgan fingerprint density at radius 3 is 2.75 bits per heavy atom. The molecule has 0 saturated heterocycles. The maximum Gasteiger partial charge on any atom is 0.165 e. The third-order valence-electron chi connectivity index (χ3n) is 1.77. The second-order valence-corrected chi connectivity index (χ2v) is 3.08. The molecule has 12 heavy (non-hydrogen) atoms. The predicted molar refractivity (Wildman–Crippen MR) is 47.2 cm³/mol. The summed E-state index contributed by atoms with van der Waals surface area (Å²) in [5, 5.41) is 4.08. The summed E-state index contributed by atoms with van der Waals surface area (Å²) in [6.45, 7) is 5.93. The molecule has 0 fully saturated rings. The van der Waals surface area contributed by atoms with Gasteiger partial charge in [0.05, 0.1) is 11.8 Å². The van der Waals surface area contributed by atoms with Crippen LogP contribution in [0, 0.1) is 0 Å². The van der Waals surface area contributed by atoms with E-state index < -0.39 is 0 Å². The van der Waals surface area contributed by atoms with Gasteiger partial charge in [0.1, 0.15) is 0 Å². The fourth-order valence-corrected chi connectivity index (χ4v) is 0.969. The first-order valence-corrected chi connectivity index (χ1v) is 4.22. The number of hydrogen-bond donors (Lipinski definition) is 0. The standard InChI is InChI=1S/C9H14N2O/c1-4-9(12)8-5-10-11(6-8)7(2)3/h5-7H,4H2,1-3H3. The molecule has 0 aliphatic rings. The molecule has 0 saturated carbocycles. The maximum atomic E-state index is 11.2. The van der Waals surface area contributed by atoms with E-state index in [9.17, 15) is 4.79 Å². The van der Waals surface area contributed by atoms with Gasteiger partial charge in [0.2, 0.25) is 0 Å². The zero-order chi connectivity index (χ0) is 9.14. The Kier molecular flexibility index (Phi) is 2.63. The van der Waals surface area contributed by atoms with Gasteiger partial charge in [-0.25, -0.2) is 0 Å². The minimum Gasteiger partial charge on any atom is -0.294 e. The molecule has 0 aliphatic heterocycles. The van der Waals surface area contributed by atoms with Gasteiger partial charge in [-0.2, -0.15) is 5.10 Å². The Morgan fingerprint density at radius 1 is 1.67 bits per heavy atom. The van der Waals surface area contributed by atoms with Crippen LogP contribution in [-0.2, 0) is 0 Å². The van der Waals surface area contributed by atoms with E-state index in [2.05, 4.69) is 5.10 Å². The van der Waals surface area contributed by atoms with E-state index in [1.807, 2.05) is 20.8 Å². The number of nitrogens with zero attached hydrogens (tertiary/aromatic N) is 2. The van der Waals surface area contributed by atoms with E-state index in [4.69, 9.17) is 0 Å². The van der Waals surface area contributed by atoms with Crippen LogP contribution in [0.4, 0.5) is 0 Å². The van der Waals surface area contributed by atoms with Crippen molar-refractivity contribution in [3.63, 3.8) is 0 Å². The van der Waals surface area contributed by atoms with Gasteiger partial charge in [-0.05, 0) is 13.8 Å². The summed E-state index contributed by atoms with van der Waals surface area (Å²) in [7, 11) is 0. The predicted octanol–water partition coefficient (Wildman–Crippen LogP) is 2.06. The Labute approximate surface area is 72.4 Å². The number of carbonyl (C=O) groups excluding carboxylic acids is 1. The van der Waals surface area contributed by atoms with Crippen molar-refractivity contribution in [3.8, 4) is 0 Å². The summed E-state index contributed by atoms with van der Waals surface area (Å²) >= 11 is 0. The molecular formula is C9H14N2O. The molecule has 0 aromatic carbocycles. The lowest BCUT2D eigenvalue weighted by molar-refractivity contribution is 0.0988. The van der Waals surface area contributed by atoms with Gasteiger partial charge in [-0.1, -0.05) is 6.92 Å². The van der Waals surface area contributed by atoms with Crippen LogP contribution < -0.4 is 0 Å². The average Bonchev–Trinajstić information content (AvgIpc) is 2.51. The van der Waals surface area contributed by atoms with E-state index >= 15 is 0 Å². The number of hydrogen-bond acceptors (Lipinski definition) is 2. The molecule has 0 bridgehead atoms. The van der Waals surface area contributed by atoms with Crippen LogP contribution in [0.5, 0.6) is 0 Å². The van der Waals surface area contributed by atoms with Crippen molar-refractivity contribution in [1.82, 2.24) is 9.78 Å². The topological polar surface area (TPSA) is 34.9 Å². The summed E-state index contributed by atoms with van der Waals surface area (Å²) in [6.07, 6.45) is 3.98. The number of Topliss-reactive ketones (excluding diaryl/α,β-unsaturated/α-hetero) is 1. The van der Waals surface area contributed by atoms with Crippen LogP contribution in [0.15, 0.2) is 12.4 Å². The van der Waals surface area contributed by atoms with Gasteiger partial charge >= 0.3 is 0 Å². The zero-order valence-electron chi connectivity index (χ0n) is 7.74. The quantitative estimate of drug-likeness (QED) is 0.644. The molecule has 0 atom stereocenters. The second-order valence-electron chi connectivity index (χ2n) is 3.08. The first kappa shape index (κ1) is 8.97. The summed E-state index contributed by atoms with van der Waals surface area (Å²) < 4.78 is 1.79. The maximum absolute atomic E-state index is 11.2. The van der Waals surface area contributed by atoms with E-state index in [0.717, 1.165) is 0 Å². The Bertz CT molecular complexity index is 276. The van der Waals surface area contributed by atoms with Crippen molar-refractivity contribution in [2.75, 3.05) is 0 Å². The van der Waals surface area contributed by atoms with Crippen molar-refractivity contribution in [2.45, 2.75) is 33.2 Å². The summed E-state index contributed by atoms with van der Waals surface area (Å²) in [5.41, 5.74) is 0.714. The van der Waals surface area contributed by atoms with Gasteiger partial charge in [0, 0.05) is 18.7 Å². The monoisotopic (exact) mass is 166 g/mol. The van der Waals surface area contributed by atoms with Gasteiger partial charge in [0.25, 0.3) is 0 Å². The van der Waals surface area contributed by atoms with E-state index in [0.29, 0.717) is 18.0 Å². The largest absolute Gasteiger partial charge is 0.294 e. The summed E-state index contributed by atoms with van der Waals surface area (Å²) in [5.74, 6) is 0.155. The minimum absolute atomic E-state index is 0.155. The molecule has 1 rings (SSSR count). The van der Waals surface area contributed by atoms with E-state index in [-0.39, 0.29) is 5.78 Å². The molecular weight excluding hydrogens is 152 g/mol. The molecule has 1 aromatic rings. The van der Waals surface area contributed by atoms with Gasteiger partial charge in [-0.15, -0.1) is 0 Å². The first-order chi connectivity index (χ1) is 5.65. The van der Waals surface area contributed by atoms with Crippen molar-refractivity contribution in [2.24, 2.45) is 0 Å². The lowest BCUT2D eigenvalue weighted by atomic mass is 10.2. The van der Waals surface area contributed by atoms with Crippen LogP contribution in [0.3, 0.4) is 0 Å². The van der Waals surface area contributed by atoms with E-state index in [1.165, 1.54) is 0 Å². The molecule has 0 radical (unpaired) electrons. The molecule has 3 nitrogen and oxygen atoms in total.